The van der Waals surface area contributed by atoms with E-state index in [0.29, 0.717) is 0 Å². The molecule has 0 spiro atoms. The van der Waals surface area contributed by atoms with Crippen LogP contribution in [0.2, 0.25) is 0 Å². The van der Waals surface area contributed by atoms with Crippen LogP contribution >= 0.6 is 0 Å². The standard InChI is InChI=1S/C10H6F2N2O3/c11-6-2-4(7-3-8(13)17-14-7)1-5(9(6)12)10(15)16/h1-3H,13H2,(H,15,16). The van der Waals surface area contributed by atoms with Crippen LogP contribution in [0.15, 0.2) is 22.7 Å². The lowest BCUT2D eigenvalue weighted by Gasteiger charge is -2.02. The molecule has 7 heteroatoms. The molecule has 1 aromatic heterocycles. The third kappa shape index (κ3) is 1.94. The highest BCUT2D eigenvalue weighted by molar-refractivity contribution is 5.89. The first kappa shape index (κ1) is 11.1. The molecule has 0 radical (unpaired) electrons. The monoisotopic (exact) mass is 240 g/mol. The number of benzene rings is 1. The summed E-state index contributed by atoms with van der Waals surface area (Å²) < 4.78 is 30.8. The highest BCUT2D eigenvalue weighted by atomic mass is 19.2. The number of nitrogen functional groups attached to an aromatic ring is 1. The van der Waals surface area contributed by atoms with Crippen LogP contribution in [0.3, 0.4) is 0 Å². The predicted octanol–water partition coefficient (Wildman–Crippen LogP) is 1.90. The molecule has 2 aromatic rings. The molecule has 17 heavy (non-hydrogen) atoms. The number of nitrogens with zero attached hydrogens (tertiary/aromatic N) is 1. The van der Waals surface area contributed by atoms with Gasteiger partial charge >= 0.3 is 5.97 Å². The summed E-state index contributed by atoms with van der Waals surface area (Å²) in [5.41, 5.74) is 4.69. The van der Waals surface area contributed by atoms with Gasteiger partial charge < -0.3 is 15.4 Å². The van der Waals surface area contributed by atoms with Gasteiger partial charge in [0, 0.05) is 11.6 Å². The van der Waals surface area contributed by atoms with Crippen molar-refractivity contribution in [1.29, 1.82) is 0 Å². The number of halogens is 2. The largest absolute Gasteiger partial charge is 0.478 e. The molecule has 5 nitrogen and oxygen atoms in total. The summed E-state index contributed by atoms with van der Waals surface area (Å²) in [4.78, 5) is 10.7. The molecule has 2 rings (SSSR count). The van der Waals surface area contributed by atoms with Gasteiger partial charge in [-0.05, 0) is 12.1 Å². The van der Waals surface area contributed by atoms with E-state index in [9.17, 15) is 13.6 Å². The van der Waals surface area contributed by atoms with E-state index in [4.69, 9.17) is 10.8 Å². The quantitative estimate of drug-likeness (QED) is 0.836. The number of aromatic nitrogens is 1. The van der Waals surface area contributed by atoms with Crippen LogP contribution in [-0.2, 0) is 0 Å². The Balaban J connectivity index is 2.60. The fourth-order valence-electron chi connectivity index (χ4n) is 1.32. The van der Waals surface area contributed by atoms with E-state index in [2.05, 4.69) is 9.68 Å². The number of carboxylic acids is 1. The third-order valence-corrected chi connectivity index (χ3v) is 2.08. The second kappa shape index (κ2) is 3.85. The smallest absolute Gasteiger partial charge is 0.338 e. The molecule has 3 N–H and O–H groups in total. The average molecular weight is 240 g/mol. The van der Waals surface area contributed by atoms with Crippen LogP contribution in [-0.4, -0.2) is 16.2 Å². The predicted molar refractivity (Wildman–Crippen MR) is 53.2 cm³/mol. The molecule has 1 aromatic carbocycles. The van der Waals surface area contributed by atoms with Gasteiger partial charge in [-0.1, -0.05) is 5.16 Å². The van der Waals surface area contributed by atoms with Gasteiger partial charge in [0.05, 0.1) is 5.56 Å². The van der Waals surface area contributed by atoms with Gasteiger partial charge in [-0.2, -0.15) is 0 Å². The maximum absolute atomic E-state index is 13.2. The van der Waals surface area contributed by atoms with E-state index in [1.165, 1.54) is 6.07 Å². The van der Waals surface area contributed by atoms with Gasteiger partial charge in [-0.3, -0.25) is 0 Å². The Labute approximate surface area is 93.4 Å². The summed E-state index contributed by atoms with van der Waals surface area (Å²) in [5, 5.41) is 12.2. The van der Waals surface area contributed by atoms with E-state index in [1.54, 1.807) is 0 Å². The van der Waals surface area contributed by atoms with E-state index in [0.717, 1.165) is 12.1 Å². The van der Waals surface area contributed by atoms with Crippen molar-refractivity contribution in [1.82, 2.24) is 5.16 Å². The minimum Gasteiger partial charge on any atom is -0.478 e. The lowest BCUT2D eigenvalue weighted by molar-refractivity contribution is 0.0690. The van der Waals surface area contributed by atoms with E-state index < -0.39 is 23.2 Å². The highest BCUT2D eigenvalue weighted by Gasteiger charge is 2.18. The maximum Gasteiger partial charge on any atom is 0.338 e. The number of aromatic carboxylic acids is 1. The number of hydrogen-bond donors (Lipinski definition) is 2. The van der Waals surface area contributed by atoms with Gasteiger partial charge in [0.2, 0.25) is 5.88 Å². The summed E-state index contributed by atoms with van der Waals surface area (Å²) in [6, 6.07) is 3.05. The van der Waals surface area contributed by atoms with E-state index in [1.807, 2.05) is 0 Å². The van der Waals surface area contributed by atoms with E-state index in [-0.39, 0.29) is 17.1 Å². The normalized spacial score (nSPS) is 10.5. The molecule has 88 valence electrons. The molecule has 0 atom stereocenters. The molecule has 0 saturated heterocycles. The van der Waals surface area contributed by atoms with Crippen molar-refractivity contribution >= 4 is 11.9 Å². The number of rotatable bonds is 2. The van der Waals surface area contributed by atoms with Crippen molar-refractivity contribution in [2.45, 2.75) is 0 Å². The first-order chi connectivity index (χ1) is 7.99. The van der Waals surface area contributed by atoms with Crippen molar-refractivity contribution < 1.29 is 23.2 Å². The molecule has 0 aliphatic rings. The number of anilines is 1. The minimum atomic E-state index is -1.57. The summed E-state index contributed by atoms with van der Waals surface area (Å²) in [6.45, 7) is 0. The zero-order chi connectivity index (χ0) is 12.6. The molecular weight excluding hydrogens is 234 g/mol. The van der Waals surface area contributed by atoms with Gasteiger partial charge in [0.25, 0.3) is 0 Å². The fraction of sp³-hybridized carbons (Fsp3) is 0. The lowest BCUT2D eigenvalue weighted by Crippen LogP contribution is -2.03. The Kier molecular flexibility index (Phi) is 2.51. The molecule has 0 saturated carbocycles. The van der Waals surface area contributed by atoms with Crippen LogP contribution in [0.1, 0.15) is 10.4 Å². The van der Waals surface area contributed by atoms with Crippen LogP contribution in [0.25, 0.3) is 11.3 Å². The second-order valence-corrected chi connectivity index (χ2v) is 3.24. The molecule has 0 unspecified atom stereocenters. The average Bonchev–Trinajstić information content (AvgIpc) is 2.68. The zero-order valence-corrected chi connectivity index (χ0v) is 8.28. The molecule has 0 fully saturated rings. The second-order valence-electron chi connectivity index (χ2n) is 3.24. The van der Waals surface area contributed by atoms with Gasteiger partial charge in [-0.25, -0.2) is 13.6 Å². The summed E-state index contributed by atoms with van der Waals surface area (Å²) in [6.07, 6.45) is 0. The topological polar surface area (TPSA) is 89.4 Å². The maximum atomic E-state index is 13.2. The van der Waals surface area contributed by atoms with Gasteiger partial charge in [0.15, 0.2) is 11.6 Å². The number of carboxylic acid groups (broad SMARTS) is 1. The number of carbonyl (C=O) groups is 1. The van der Waals surface area contributed by atoms with Gasteiger partial charge in [-0.15, -0.1) is 0 Å². The highest BCUT2D eigenvalue weighted by Crippen LogP contribution is 2.24. The van der Waals surface area contributed by atoms with Gasteiger partial charge in [0.1, 0.15) is 5.69 Å². The van der Waals surface area contributed by atoms with E-state index >= 15 is 0 Å². The fourth-order valence-corrected chi connectivity index (χ4v) is 1.32. The van der Waals surface area contributed by atoms with Crippen molar-refractivity contribution in [3.63, 3.8) is 0 Å². The lowest BCUT2D eigenvalue weighted by atomic mass is 10.1. The first-order valence-corrected chi connectivity index (χ1v) is 4.44. The summed E-state index contributed by atoms with van der Waals surface area (Å²) in [5.74, 6) is -4.28. The molecule has 0 aliphatic carbocycles. The molecule has 0 amide bonds. The molecular formula is C10H6F2N2O3. The zero-order valence-electron chi connectivity index (χ0n) is 8.28. The number of nitrogens with two attached hydrogens (primary N) is 1. The first-order valence-electron chi connectivity index (χ1n) is 4.44. The molecule has 0 bridgehead atoms. The van der Waals surface area contributed by atoms with Crippen molar-refractivity contribution in [2.24, 2.45) is 0 Å². The van der Waals surface area contributed by atoms with Crippen molar-refractivity contribution in [3.8, 4) is 11.3 Å². The Bertz CT molecular complexity index is 595. The Morgan fingerprint density at radius 3 is 2.59 bits per heavy atom. The molecule has 0 aliphatic heterocycles. The summed E-state index contributed by atoms with van der Waals surface area (Å²) in [7, 11) is 0. The van der Waals surface area contributed by atoms with Crippen LogP contribution in [0, 0.1) is 11.6 Å². The number of hydrogen-bond acceptors (Lipinski definition) is 4. The van der Waals surface area contributed by atoms with Crippen molar-refractivity contribution in [3.05, 3.63) is 35.4 Å². The third-order valence-electron chi connectivity index (χ3n) is 2.08. The SMILES string of the molecule is Nc1cc(-c2cc(F)c(F)c(C(=O)O)c2)no1. The summed E-state index contributed by atoms with van der Waals surface area (Å²) >= 11 is 0. The van der Waals surface area contributed by atoms with Crippen LogP contribution < -0.4 is 5.73 Å². The minimum absolute atomic E-state index is 0.0124. The molecule has 1 heterocycles. The Morgan fingerprint density at radius 2 is 2.06 bits per heavy atom. The Hall–Kier alpha value is -2.44. The Morgan fingerprint density at radius 1 is 1.35 bits per heavy atom. The van der Waals surface area contributed by atoms with Crippen LogP contribution in [0.5, 0.6) is 0 Å². The van der Waals surface area contributed by atoms with Crippen molar-refractivity contribution in [2.75, 3.05) is 5.73 Å². The van der Waals surface area contributed by atoms with Crippen LogP contribution in [0.4, 0.5) is 14.7 Å².